The molecule has 5 aliphatic heterocycles. The molecule has 2 spiro atoms. The van der Waals surface area contributed by atoms with Gasteiger partial charge in [0.1, 0.15) is 0 Å². The van der Waals surface area contributed by atoms with Crippen molar-refractivity contribution in [1.29, 1.82) is 0 Å². The molecular formula is C28H50N2O6Si2. The fourth-order valence-corrected chi connectivity index (χ4v) is 14.7. The van der Waals surface area contributed by atoms with Gasteiger partial charge in [-0.3, -0.25) is 9.98 Å². The van der Waals surface area contributed by atoms with Crippen molar-refractivity contribution in [3.63, 3.8) is 0 Å². The summed E-state index contributed by atoms with van der Waals surface area (Å²) in [5, 5.41) is 0. The Bertz CT molecular complexity index is 891. The Balaban J connectivity index is 1.43. The van der Waals surface area contributed by atoms with Crippen LogP contribution in [0.1, 0.15) is 80.6 Å². The zero-order valence-electron chi connectivity index (χ0n) is 24.6. The maximum atomic E-state index is 7.03. The molecule has 0 saturated carbocycles. The smallest absolute Gasteiger partial charge is 0.370 e. The first kappa shape index (κ1) is 29.0. The fraction of sp³-hybridized carbons (Fsp3) is 0.929. The van der Waals surface area contributed by atoms with Crippen LogP contribution in [0.25, 0.3) is 0 Å². The Morgan fingerprint density at radius 3 is 1.79 bits per heavy atom. The molecule has 0 N–H and O–H groups in total. The van der Waals surface area contributed by atoms with Crippen LogP contribution in [0.5, 0.6) is 0 Å². The zero-order chi connectivity index (χ0) is 27.1. The zero-order valence-corrected chi connectivity index (χ0v) is 26.6. The molecule has 4 fully saturated rings. The minimum Gasteiger partial charge on any atom is -0.370 e. The largest absolute Gasteiger partial charge is 0.502 e. The molecule has 5 rings (SSSR count). The number of nitrogens with zero attached hydrogens (tertiary/aromatic N) is 2. The van der Waals surface area contributed by atoms with E-state index in [9.17, 15) is 0 Å². The molecule has 216 valence electrons. The topological polar surface area (TPSA) is 80.1 Å². The second-order valence-electron chi connectivity index (χ2n) is 12.9. The lowest BCUT2D eigenvalue weighted by atomic mass is 9.76. The van der Waals surface area contributed by atoms with Gasteiger partial charge in [0, 0.05) is 48.8 Å². The van der Waals surface area contributed by atoms with Gasteiger partial charge in [-0.05, 0) is 65.3 Å². The Hall–Kier alpha value is -0.466. The predicted octanol–water partition coefficient (Wildman–Crippen LogP) is 5.31. The van der Waals surface area contributed by atoms with Crippen molar-refractivity contribution in [3.05, 3.63) is 0 Å². The molecular weight excluding hydrogens is 516 g/mol. The van der Waals surface area contributed by atoms with Gasteiger partial charge in [-0.1, -0.05) is 27.7 Å². The summed E-state index contributed by atoms with van der Waals surface area (Å²) in [6.07, 6.45) is 9.28. The van der Waals surface area contributed by atoms with Gasteiger partial charge in [0.15, 0.2) is 0 Å². The minimum absolute atomic E-state index is 0.00550. The van der Waals surface area contributed by atoms with Crippen LogP contribution in [-0.4, -0.2) is 79.2 Å². The lowest BCUT2D eigenvalue weighted by molar-refractivity contribution is -0.192. The molecule has 3 unspecified atom stereocenters. The van der Waals surface area contributed by atoms with Gasteiger partial charge in [-0.2, -0.15) is 0 Å². The third-order valence-electron chi connectivity index (χ3n) is 9.51. The summed E-state index contributed by atoms with van der Waals surface area (Å²) < 4.78 is 40.8. The average Bonchev–Trinajstić information content (AvgIpc) is 3.10. The van der Waals surface area contributed by atoms with Crippen molar-refractivity contribution >= 4 is 30.0 Å². The number of hydrogen-bond acceptors (Lipinski definition) is 8. The molecule has 0 amide bonds. The monoisotopic (exact) mass is 566 g/mol. The van der Waals surface area contributed by atoms with E-state index in [0.29, 0.717) is 5.92 Å². The maximum absolute atomic E-state index is 7.03. The third kappa shape index (κ3) is 5.66. The molecule has 8 nitrogen and oxygen atoms in total. The van der Waals surface area contributed by atoms with Crippen molar-refractivity contribution in [1.82, 2.24) is 0 Å². The van der Waals surface area contributed by atoms with E-state index in [1.165, 1.54) is 0 Å². The van der Waals surface area contributed by atoms with Crippen molar-refractivity contribution in [3.8, 4) is 0 Å². The molecule has 38 heavy (non-hydrogen) atoms. The molecule has 0 aromatic heterocycles. The van der Waals surface area contributed by atoms with Gasteiger partial charge in [0.25, 0.3) is 0 Å². The van der Waals surface area contributed by atoms with E-state index < -0.39 is 17.6 Å². The molecule has 0 radical (unpaired) electrons. The molecule has 0 aromatic carbocycles. The highest BCUT2D eigenvalue weighted by Crippen LogP contribution is 2.51. The van der Waals surface area contributed by atoms with E-state index in [0.717, 1.165) is 57.3 Å². The van der Waals surface area contributed by atoms with Crippen molar-refractivity contribution in [2.75, 3.05) is 13.1 Å². The molecule has 4 saturated heterocycles. The van der Waals surface area contributed by atoms with Crippen LogP contribution < -0.4 is 0 Å². The SMILES string of the molecule is C[C@@H]1[C@H]2O[Si]3(CCCN=CCCCC=NCCC[Si]45OC([C@H](C)[C@@H](O4)[C@H](C)[C@H]1O3)C(C)(C)O5)O[C@@H](C)[C@H]2C. The summed E-state index contributed by atoms with van der Waals surface area (Å²) in [5.74, 6) is 0.933. The second-order valence-corrected chi connectivity index (χ2v) is 18.0. The lowest BCUT2D eigenvalue weighted by Gasteiger charge is -2.56. The van der Waals surface area contributed by atoms with Gasteiger partial charge in [-0.25, -0.2) is 0 Å². The van der Waals surface area contributed by atoms with Crippen molar-refractivity contribution in [2.24, 2.45) is 33.7 Å². The molecule has 11 atom stereocenters. The Morgan fingerprint density at radius 2 is 1.16 bits per heavy atom. The number of hydrogen-bond donors (Lipinski definition) is 0. The van der Waals surface area contributed by atoms with E-state index in [1.54, 1.807) is 0 Å². The average molecular weight is 567 g/mol. The molecule has 6 bridgehead atoms. The van der Waals surface area contributed by atoms with Crippen LogP contribution in [0.3, 0.4) is 0 Å². The summed E-state index contributed by atoms with van der Waals surface area (Å²) in [7, 11) is -5.67. The number of aliphatic imine (C=N–C) groups is 2. The highest BCUT2D eigenvalue weighted by molar-refractivity contribution is 6.62. The molecule has 5 heterocycles. The summed E-state index contributed by atoms with van der Waals surface area (Å²) in [5.41, 5.74) is -0.361. The van der Waals surface area contributed by atoms with Crippen LogP contribution in [0.15, 0.2) is 9.98 Å². The Morgan fingerprint density at radius 1 is 0.632 bits per heavy atom. The van der Waals surface area contributed by atoms with Gasteiger partial charge < -0.3 is 26.6 Å². The number of fused-ring (bicyclic) bond motifs is 4. The van der Waals surface area contributed by atoms with Gasteiger partial charge in [0.05, 0.1) is 36.1 Å². The van der Waals surface area contributed by atoms with Crippen LogP contribution in [0.2, 0.25) is 12.1 Å². The molecule has 5 aliphatic rings. The summed E-state index contributed by atoms with van der Waals surface area (Å²) in [6, 6.07) is 1.61. The van der Waals surface area contributed by atoms with Crippen LogP contribution in [0.4, 0.5) is 0 Å². The minimum atomic E-state index is -2.84. The molecule has 10 heteroatoms. The van der Waals surface area contributed by atoms with Gasteiger partial charge in [0.2, 0.25) is 0 Å². The van der Waals surface area contributed by atoms with E-state index in [1.807, 2.05) is 0 Å². The van der Waals surface area contributed by atoms with Crippen molar-refractivity contribution < 1.29 is 26.6 Å². The third-order valence-corrected chi connectivity index (χ3v) is 15.5. The van der Waals surface area contributed by atoms with Crippen LogP contribution in [-0.2, 0) is 26.6 Å². The van der Waals surface area contributed by atoms with Gasteiger partial charge in [-0.15, -0.1) is 0 Å². The van der Waals surface area contributed by atoms with E-state index in [-0.39, 0.29) is 53.9 Å². The lowest BCUT2D eigenvalue weighted by Crippen LogP contribution is -2.68. The van der Waals surface area contributed by atoms with E-state index in [2.05, 4.69) is 70.9 Å². The summed E-state index contributed by atoms with van der Waals surface area (Å²) >= 11 is 0. The summed E-state index contributed by atoms with van der Waals surface area (Å²) in [4.78, 5) is 9.32. The first-order valence-electron chi connectivity index (χ1n) is 15.1. The highest BCUT2D eigenvalue weighted by atomic mass is 28.4. The predicted molar refractivity (Wildman–Crippen MR) is 153 cm³/mol. The maximum Gasteiger partial charge on any atom is 0.502 e. The van der Waals surface area contributed by atoms with Gasteiger partial charge >= 0.3 is 17.6 Å². The Labute approximate surface area is 232 Å². The Kier molecular flexibility index (Phi) is 8.73. The fourth-order valence-electron chi connectivity index (χ4n) is 7.39. The first-order chi connectivity index (χ1) is 18.1. The normalized spacial score (nSPS) is 49.9. The second kappa shape index (κ2) is 11.4. The quantitative estimate of drug-likeness (QED) is 0.370. The first-order valence-corrected chi connectivity index (χ1v) is 19.0. The van der Waals surface area contributed by atoms with E-state index >= 15 is 0 Å². The summed E-state index contributed by atoms with van der Waals surface area (Å²) in [6.45, 7) is 17.2. The standard InChI is InChI=1S/C28H50N2O6Si2/c1-19-23(5)31-37-17-11-15-29-13-9-8-10-14-30-16-12-18-38-34-26(22(4)27(35-38)28(6,7)36-38)21(3)25(33-37)20(2)24(19)32-37/h13-14,19-27H,8-12,15-18H2,1-7H3/t19-,20-,21-,22-,23+,24+,25+,26+,27?,37?,38?/m1/s1. The molecule has 0 aromatic rings. The van der Waals surface area contributed by atoms with Crippen LogP contribution in [0, 0.1) is 23.7 Å². The molecule has 0 aliphatic carbocycles. The highest BCUT2D eigenvalue weighted by Gasteiger charge is 2.66. The number of rotatable bonds is 0. The van der Waals surface area contributed by atoms with E-state index in [4.69, 9.17) is 26.6 Å². The van der Waals surface area contributed by atoms with Crippen molar-refractivity contribution in [2.45, 2.75) is 129 Å². The van der Waals surface area contributed by atoms with Crippen LogP contribution >= 0.6 is 0 Å².